The lowest BCUT2D eigenvalue weighted by atomic mass is 10.1. The Morgan fingerprint density at radius 2 is 1.79 bits per heavy atom. The molecule has 0 aliphatic rings. The van der Waals surface area contributed by atoms with E-state index in [9.17, 15) is 4.91 Å². The Kier molecular flexibility index (Phi) is 2.12. The average molecular weight is 187 g/mol. The topological polar surface area (TPSA) is 58.7 Å². The van der Waals surface area contributed by atoms with Gasteiger partial charge >= 0.3 is 0 Å². The molecule has 0 aliphatic heterocycles. The molecule has 0 radical (unpaired) electrons. The Hall–Kier alpha value is -1.94. The Balaban J connectivity index is 2.70. The van der Waals surface area contributed by atoms with Crippen LogP contribution in [0.5, 0.6) is 0 Å². The second-order valence-electron chi connectivity index (χ2n) is 2.92. The first-order valence-corrected chi connectivity index (χ1v) is 4.19. The maximum Gasteiger partial charge on any atom is 0.0887 e. The highest BCUT2D eigenvalue weighted by Crippen LogP contribution is 2.24. The number of rotatable bonds is 2. The van der Waals surface area contributed by atoms with Gasteiger partial charge in [0.05, 0.1) is 11.0 Å². The molecular weight excluding hydrogens is 178 g/mol. The van der Waals surface area contributed by atoms with Crippen LogP contribution in [-0.4, -0.2) is 0 Å². The highest BCUT2D eigenvalue weighted by molar-refractivity contribution is 5.93. The predicted molar refractivity (Wildman–Crippen MR) is 56.4 cm³/mol. The zero-order valence-electron chi connectivity index (χ0n) is 7.42. The van der Waals surface area contributed by atoms with Crippen LogP contribution in [0.1, 0.15) is 0 Å². The zero-order valence-corrected chi connectivity index (χ0v) is 7.42. The second-order valence-corrected chi connectivity index (χ2v) is 2.92. The van der Waals surface area contributed by atoms with Gasteiger partial charge in [-0.1, -0.05) is 36.4 Å². The van der Waals surface area contributed by atoms with E-state index in [1.165, 1.54) is 0 Å². The Morgan fingerprint density at radius 3 is 2.57 bits per heavy atom. The first-order valence-electron chi connectivity index (χ1n) is 4.19. The summed E-state index contributed by atoms with van der Waals surface area (Å²) in [6.45, 7) is 0. The fraction of sp³-hybridized carbons (Fsp3) is 0. The van der Waals surface area contributed by atoms with Gasteiger partial charge in [0.25, 0.3) is 0 Å². The van der Waals surface area contributed by atoms with Gasteiger partial charge in [-0.25, -0.2) is 5.84 Å². The molecule has 0 saturated heterocycles. The van der Waals surface area contributed by atoms with Crippen LogP contribution in [-0.2, 0) is 0 Å². The van der Waals surface area contributed by atoms with Gasteiger partial charge in [-0.3, -0.25) is 0 Å². The summed E-state index contributed by atoms with van der Waals surface area (Å²) in [7, 11) is 0. The Morgan fingerprint density at radius 1 is 1.07 bits per heavy atom. The molecule has 0 aliphatic carbocycles. The first-order chi connectivity index (χ1) is 6.83. The fourth-order valence-electron chi connectivity index (χ4n) is 1.45. The third-order valence-corrected chi connectivity index (χ3v) is 2.10. The van der Waals surface area contributed by atoms with Crippen LogP contribution >= 0.6 is 0 Å². The van der Waals surface area contributed by atoms with Crippen LogP contribution in [0.3, 0.4) is 0 Å². The van der Waals surface area contributed by atoms with Crippen LogP contribution in [0.15, 0.2) is 47.8 Å². The SMILES string of the molecule is NN(N=O)c1cccc2ccccc12. The molecular formula is C10H9N3O. The van der Waals surface area contributed by atoms with Crippen molar-refractivity contribution in [3.05, 3.63) is 47.4 Å². The highest BCUT2D eigenvalue weighted by atomic mass is 16.3. The van der Waals surface area contributed by atoms with Crippen molar-refractivity contribution in [1.82, 2.24) is 0 Å². The van der Waals surface area contributed by atoms with Crippen molar-refractivity contribution in [2.45, 2.75) is 0 Å². The van der Waals surface area contributed by atoms with E-state index in [4.69, 9.17) is 5.84 Å². The molecule has 2 aromatic rings. The van der Waals surface area contributed by atoms with Gasteiger partial charge in [0.15, 0.2) is 0 Å². The van der Waals surface area contributed by atoms with Crippen molar-refractivity contribution in [3.63, 3.8) is 0 Å². The number of hydrazine groups is 1. The maximum atomic E-state index is 10.3. The largest absolute Gasteiger partial charge is 0.224 e. The number of nitrogens with zero attached hydrogens (tertiary/aromatic N) is 2. The highest BCUT2D eigenvalue weighted by Gasteiger charge is 2.04. The van der Waals surface area contributed by atoms with E-state index < -0.39 is 0 Å². The lowest BCUT2D eigenvalue weighted by Gasteiger charge is -2.10. The molecule has 0 heterocycles. The quantitative estimate of drug-likeness (QED) is 0.445. The van der Waals surface area contributed by atoms with Crippen molar-refractivity contribution < 1.29 is 0 Å². The van der Waals surface area contributed by atoms with E-state index in [-0.39, 0.29) is 0 Å². The molecule has 0 unspecified atom stereocenters. The number of fused-ring (bicyclic) bond motifs is 1. The molecule has 0 fully saturated rings. The number of benzene rings is 2. The summed E-state index contributed by atoms with van der Waals surface area (Å²) in [5.41, 5.74) is 0.609. The smallest absolute Gasteiger partial charge is 0.0887 e. The van der Waals surface area contributed by atoms with Crippen molar-refractivity contribution in [2.75, 3.05) is 5.12 Å². The molecule has 70 valence electrons. The summed E-state index contributed by atoms with van der Waals surface area (Å²) in [4.78, 5) is 10.3. The van der Waals surface area contributed by atoms with Crippen LogP contribution in [0.2, 0.25) is 0 Å². The van der Waals surface area contributed by atoms with Crippen molar-refractivity contribution in [3.8, 4) is 0 Å². The van der Waals surface area contributed by atoms with Crippen molar-refractivity contribution >= 4 is 16.5 Å². The van der Waals surface area contributed by atoms with E-state index in [0.29, 0.717) is 5.69 Å². The van der Waals surface area contributed by atoms with Gasteiger partial charge in [0.1, 0.15) is 0 Å². The third-order valence-electron chi connectivity index (χ3n) is 2.10. The fourth-order valence-corrected chi connectivity index (χ4v) is 1.45. The van der Waals surface area contributed by atoms with Gasteiger partial charge in [0.2, 0.25) is 0 Å². The molecule has 4 heteroatoms. The minimum Gasteiger partial charge on any atom is -0.224 e. The molecule has 0 bridgehead atoms. The van der Waals surface area contributed by atoms with Crippen molar-refractivity contribution in [2.24, 2.45) is 11.1 Å². The van der Waals surface area contributed by atoms with Crippen molar-refractivity contribution in [1.29, 1.82) is 0 Å². The Bertz CT molecular complexity index is 464. The number of hydrogen-bond donors (Lipinski definition) is 1. The predicted octanol–water partition coefficient (Wildman–Crippen LogP) is 2.20. The number of hydrogen-bond acceptors (Lipinski definition) is 3. The second kappa shape index (κ2) is 3.43. The van der Waals surface area contributed by atoms with Gasteiger partial charge in [-0.15, -0.1) is 4.91 Å². The third kappa shape index (κ3) is 1.31. The molecule has 0 atom stereocenters. The standard InChI is InChI=1S/C10H9N3O/c11-13(12-14)10-7-3-5-8-4-1-2-6-9(8)10/h1-7H,11H2. The summed E-state index contributed by atoms with van der Waals surface area (Å²) in [6, 6.07) is 13.2. The minimum absolute atomic E-state index is 0.609. The summed E-state index contributed by atoms with van der Waals surface area (Å²) in [5.74, 6) is 5.41. The van der Waals surface area contributed by atoms with E-state index in [2.05, 4.69) is 5.29 Å². The van der Waals surface area contributed by atoms with Crippen LogP contribution in [0.4, 0.5) is 5.69 Å². The molecule has 4 nitrogen and oxygen atoms in total. The lowest BCUT2D eigenvalue weighted by molar-refractivity contribution is 0.921. The summed E-state index contributed by atoms with van der Waals surface area (Å²) in [6.07, 6.45) is 0. The molecule has 0 saturated carbocycles. The van der Waals surface area contributed by atoms with Gasteiger partial charge < -0.3 is 0 Å². The molecule has 2 aromatic carbocycles. The number of nitrogens with two attached hydrogens (primary N) is 1. The molecule has 0 aromatic heterocycles. The number of anilines is 1. The first kappa shape index (κ1) is 8.65. The van der Waals surface area contributed by atoms with E-state index in [1.807, 2.05) is 36.4 Å². The molecule has 2 N–H and O–H groups in total. The monoisotopic (exact) mass is 187 g/mol. The zero-order chi connectivity index (χ0) is 9.97. The number of nitroso groups, excluding NO2 is 1. The molecule has 0 amide bonds. The van der Waals surface area contributed by atoms with Crippen LogP contribution < -0.4 is 11.0 Å². The molecule has 14 heavy (non-hydrogen) atoms. The minimum atomic E-state index is 0.609. The van der Waals surface area contributed by atoms with E-state index in [1.54, 1.807) is 6.07 Å². The maximum absolute atomic E-state index is 10.3. The van der Waals surface area contributed by atoms with E-state index >= 15 is 0 Å². The molecule has 2 rings (SSSR count). The van der Waals surface area contributed by atoms with Crippen LogP contribution in [0, 0.1) is 4.91 Å². The van der Waals surface area contributed by atoms with Gasteiger partial charge in [-0.05, 0) is 11.5 Å². The molecule has 0 spiro atoms. The van der Waals surface area contributed by atoms with E-state index in [0.717, 1.165) is 15.9 Å². The summed E-state index contributed by atoms with van der Waals surface area (Å²) >= 11 is 0. The lowest BCUT2D eigenvalue weighted by Crippen LogP contribution is -2.23. The van der Waals surface area contributed by atoms with Crippen LogP contribution in [0.25, 0.3) is 10.8 Å². The Labute approximate surface area is 80.8 Å². The average Bonchev–Trinajstić information content (AvgIpc) is 2.27. The normalized spacial score (nSPS) is 10.1. The summed E-state index contributed by atoms with van der Waals surface area (Å²) < 4.78 is 0. The summed E-state index contributed by atoms with van der Waals surface area (Å²) in [5, 5.41) is 5.45. The van der Waals surface area contributed by atoms with Gasteiger partial charge in [0, 0.05) is 5.39 Å². The van der Waals surface area contributed by atoms with Gasteiger partial charge in [-0.2, -0.15) is 5.12 Å².